The maximum atomic E-state index is 13.8. The predicted octanol–water partition coefficient (Wildman–Crippen LogP) is 1.47. The average molecular weight is 495 g/mol. The van der Waals surface area contributed by atoms with E-state index in [1.807, 2.05) is 4.90 Å². The number of carbonyl (C=O) groups is 2. The first-order valence-electron chi connectivity index (χ1n) is 11.4. The van der Waals surface area contributed by atoms with Crippen LogP contribution in [-0.2, 0) is 4.79 Å². The molecule has 0 bridgehead atoms. The molecule has 0 amide bonds. The summed E-state index contributed by atoms with van der Waals surface area (Å²) in [6.07, 6.45) is 1.82. The van der Waals surface area contributed by atoms with E-state index in [0.29, 0.717) is 30.5 Å². The van der Waals surface area contributed by atoms with Crippen molar-refractivity contribution in [3.05, 3.63) is 29.6 Å². The van der Waals surface area contributed by atoms with Crippen LogP contribution in [0.15, 0.2) is 22.7 Å². The highest BCUT2D eigenvalue weighted by Gasteiger charge is 2.32. The van der Waals surface area contributed by atoms with E-state index in [2.05, 4.69) is 15.0 Å². The predicted molar refractivity (Wildman–Crippen MR) is 124 cm³/mol. The first kappa shape index (κ1) is 26.4. The van der Waals surface area contributed by atoms with Crippen LogP contribution in [0.2, 0.25) is 0 Å². The van der Waals surface area contributed by atoms with Crippen molar-refractivity contribution in [1.29, 1.82) is 0 Å². The lowest BCUT2D eigenvalue weighted by atomic mass is 10.0. The highest BCUT2D eigenvalue weighted by Crippen LogP contribution is 2.35. The molecule has 2 aromatic rings. The molecule has 2 aliphatic rings. The van der Waals surface area contributed by atoms with Crippen LogP contribution in [0, 0.1) is 5.82 Å². The fraction of sp³-hybridized carbons (Fsp3) is 0.522. The van der Waals surface area contributed by atoms with E-state index in [-0.39, 0.29) is 30.2 Å². The summed E-state index contributed by atoms with van der Waals surface area (Å²) in [7, 11) is 1.35. The van der Waals surface area contributed by atoms with Crippen molar-refractivity contribution in [3.8, 4) is 17.1 Å². The molecule has 2 fully saturated rings. The summed E-state index contributed by atoms with van der Waals surface area (Å²) >= 11 is 0. The second-order valence-electron chi connectivity index (χ2n) is 8.29. The van der Waals surface area contributed by atoms with Crippen molar-refractivity contribution in [3.63, 3.8) is 0 Å². The van der Waals surface area contributed by atoms with E-state index in [1.54, 1.807) is 0 Å². The first-order chi connectivity index (χ1) is 16.9. The number of rotatable bonds is 7. The number of hydrogen-bond acceptors (Lipinski definition) is 9. The number of carboxylic acid groups (broad SMARTS) is 2. The third-order valence-electron chi connectivity index (χ3n) is 6.40. The molecule has 0 atom stereocenters. The largest absolute Gasteiger partial charge is 0.494 e. The van der Waals surface area contributed by atoms with Gasteiger partial charge in [-0.1, -0.05) is 5.16 Å². The standard InChI is InChI=1S/C22H29FN4O5.CH2O2/c1-31-18-14-15(2-3-17(18)23)20-19(22(29)30)21(24-32-20)27-6-4-16(5-7-27)26-10-8-25(9-11-26)12-13-28;2-1-3/h2-3,14,16,28H,4-13H2,1H3,(H,29,30);1H,(H,2,3). The Morgan fingerprint density at radius 1 is 1.23 bits per heavy atom. The number of aliphatic hydroxyl groups excluding tert-OH is 1. The van der Waals surface area contributed by atoms with Crippen LogP contribution in [0.5, 0.6) is 5.75 Å². The summed E-state index contributed by atoms with van der Waals surface area (Å²) < 4.78 is 24.2. The molecule has 2 saturated heterocycles. The van der Waals surface area contributed by atoms with Crippen molar-refractivity contribution >= 4 is 18.3 Å². The lowest BCUT2D eigenvalue weighted by Gasteiger charge is -2.42. The zero-order valence-electron chi connectivity index (χ0n) is 19.6. The van der Waals surface area contributed by atoms with Gasteiger partial charge in [-0.15, -0.1) is 0 Å². The van der Waals surface area contributed by atoms with E-state index < -0.39 is 11.8 Å². The molecule has 0 saturated carbocycles. The normalized spacial score (nSPS) is 17.5. The van der Waals surface area contributed by atoms with E-state index in [0.717, 1.165) is 45.6 Å². The molecule has 192 valence electrons. The van der Waals surface area contributed by atoms with Crippen molar-refractivity contribution in [2.75, 3.05) is 64.4 Å². The summed E-state index contributed by atoms with van der Waals surface area (Å²) in [4.78, 5) is 27.1. The Labute approximate surface area is 202 Å². The number of piperidine rings is 1. The molecular formula is C23H31FN4O7. The molecule has 11 nitrogen and oxygen atoms in total. The van der Waals surface area contributed by atoms with Crippen molar-refractivity contribution < 1.29 is 38.6 Å². The molecule has 12 heteroatoms. The van der Waals surface area contributed by atoms with E-state index in [9.17, 15) is 14.3 Å². The summed E-state index contributed by atoms with van der Waals surface area (Å²) in [6.45, 7) is 5.89. The number of aromatic nitrogens is 1. The van der Waals surface area contributed by atoms with E-state index in [4.69, 9.17) is 24.3 Å². The highest BCUT2D eigenvalue weighted by atomic mass is 19.1. The maximum absolute atomic E-state index is 13.8. The van der Waals surface area contributed by atoms with Gasteiger partial charge in [0.2, 0.25) is 0 Å². The SMILES string of the molecule is COc1cc(-c2onc(N3CCC(N4CCN(CCO)CC4)CC3)c2C(=O)O)ccc1F.O=CO. The minimum absolute atomic E-state index is 0.0108. The fourth-order valence-electron chi connectivity index (χ4n) is 4.62. The summed E-state index contributed by atoms with van der Waals surface area (Å²) in [5.74, 6) is -1.26. The number of halogens is 1. The molecule has 1 aromatic heterocycles. The second kappa shape index (κ2) is 12.5. The third kappa shape index (κ3) is 6.27. The summed E-state index contributed by atoms with van der Waals surface area (Å²) in [5.41, 5.74) is 0.379. The van der Waals surface area contributed by atoms with Crippen LogP contribution in [0.1, 0.15) is 23.2 Å². The van der Waals surface area contributed by atoms with Gasteiger partial charge in [-0.3, -0.25) is 14.6 Å². The number of aliphatic hydroxyl groups is 1. The highest BCUT2D eigenvalue weighted by molar-refractivity contribution is 5.99. The fourth-order valence-corrected chi connectivity index (χ4v) is 4.62. The van der Waals surface area contributed by atoms with Gasteiger partial charge in [0, 0.05) is 57.4 Å². The smallest absolute Gasteiger partial charge is 0.343 e. The minimum Gasteiger partial charge on any atom is -0.494 e. The molecule has 0 spiro atoms. The zero-order chi connectivity index (χ0) is 25.4. The number of benzene rings is 1. The van der Waals surface area contributed by atoms with Gasteiger partial charge in [-0.2, -0.15) is 0 Å². The first-order valence-corrected chi connectivity index (χ1v) is 11.4. The topological polar surface area (TPSA) is 140 Å². The Morgan fingerprint density at radius 3 is 2.46 bits per heavy atom. The van der Waals surface area contributed by atoms with Crippen LogP contribution < -0.4 is 9.64 Å². The maximum Gasteiger partial charge on any atom is 0.343 e. The number of carboxylic acids is 1. The van der Waals surface area contributed by atoms with Gasteiger partial charge in [0.15, 0.2) is 28.7 Å². The Morgan fingerprint density at radius 2 is 1.89 bits per heavy atom. The van der Waals surface area contributed by atoms with Crippen LogP contribution >= 0.6 is 0 Å². The molecule has 0 aliphatic carbocycles. The molecular weight excluding hydrogens is 463 g/mol. The van der Waals surface area contributed by atoms with Crippen LogP contribution in [0.25, 0.3) is 11.3 Å². The Balaban J connectivity index is 0.00000108. The molecule has 2 aliphatic heterocycles. The molecule has 35 heavy (non-hydrogen) atoms. The van der Waals surface area contributed by atoms with Crippen LogP contribution in [-0.4, -0.2) is 108 Å². The van der Waals surface area contributed by atoms with Crippen LogP contribution in [0.3, 0.4) is 0 Å². The molecule has 1 aromatic carbocycles. The summed E-state index contributed by atoms with van der Waals surface area (Å²) in [6, 6.07) is 4.53. The van der Waals surface area contributed by atoms with E-state index in [1.165, 1.54) is 25.3 Å². The number of ether oxygens (including phenoxy) is 1. The van der Waals surface area contributed by atoms with Crippen molar-refractivity contribution in [2.24, 2.45) is 0 Å². The number of anilines is 1. The lowest BCUT2D eigenvalue weighted by Crippen LogP contribution is -2.53. The van der Waals surface area contributed by atoms with Crippen molar-refractivity contribution in [1.82, 2.24) is 15.0 Å². The molecule has 0 radical (unpaired) electrons. The number of hydrogen-bond donors (Lipinski definition) is 3. The van der Waals surface area contributed by atoms with Gasteiger partial charge in [-0.25, -0.2) is 9.18 Å². The lowest BCUT2D eigenvalue weighted by molar-refractivity contribution is -0.122. The Bertz CT molecular complexity index is 986. The quantitative estimate of drug-likeness (QED) is 0.482. The van der Waals surface area contributed by atoms with Gasteiger partial charge in [0.25, 0.3) is 6.47 Å². The number of piperazine rings is 1. The number of aromatic carboxylic acids is 1. The molecule has 3 heterocycles. The van der Waals surface area contributed by atoms with Gasteiger partial charge >= 0.3 is 5.97 Å². The van der Waals surface area contributed by atoms with Gasteiger partial charge in [0.05, 0.1) is 13.7 Å². The van der Waals surface area contributed by atoms with Gasteiger partial charge < -0.3 is 29.5 Å². The number of methoxy groups -OCH3 is 1. The Kier molecular flexibility index (Phi) is 9.40. The third-order valence-corrected chi connectivity index (χ3v) is 6.40. The van der Waals surface area contributed by atoms with Crippen LogP contribution in [0.4, 0.5) is 10.2 Å². The zero-order valence-corrected chi connectivity index (χ0v) is 19.6. The Hall–Kier alpha value is -3.22. The summed E-state index contributed by atoms with van der Waals surface area (Å²) in [5, 5.41) is 29.9. The molecule has 4 rings (SSSR count). The van der Waals surface area contributed by atoms with Gasteiger partial charge in [0.1, 0.15) is 0 Å². The molecule has 0 unspecified atom stereocenters. The minimum atomic E-state index is -1.14. The monoisotopic (exact) mass is 494 g/mol. The number of nitrogens with zero attached hydrogens (tertiary/aromatic N) is 4. The molecule has 3 N–H and O–H groups in total. The van der Waals surface area contributed by atoms with Crippen molar-refractivity contribution in [2.45, 2.75) is 18.9 Å². The second-order valence-corrected chi connectivity index (χ2v) is 8.29. The average Bonchev–Trinajstić information content (AvgIpc) is 3.31. The van der Waals surface area contributed by atoms with E-state index >= 15 is 0 Å². The van der Waals surface area contributed by atoms with Gasteiger partial charge in [-0.05, 0) is 31.0 Å². The number of β-amino-alcohol motifs (C(OH)–C–C–N with tert-alkyl or cyclic N) is 1.